The average Bonchev–Trinajstić information content (AvgIpc) is 2.37. The molecule has 0 aliphatic rings. The third-order valence-corrected chi connectivity index (χ3v) is 3.13. The van der Waals surface area contributed by atoms with Crippen molar-refractivity contribution >= 4 is 0 Å². The van der Waals surface area contributed by atoms with E-state index in [1.165, 1.54) is 11.6 Å². The predicted molar refractivity (Wildman–Crippen MR) is 71.1 cm³/mol. The maximum absolute atomic E-state index is 13.7. The Hall–Kier alpha value is -1.67. The van der Waals surface area contributed by atoms with E-state index < -0.39 is 0 Å². The van der Waals surface area contributed by atoms with Gasteiger partial charge in [0.2, 0.25) is 0 Å². The van der Waals surface area contributed by atoms with Gasteiger partial charge >= 0.3 is 0 Å². The summed E-state index contributed by atoms with van der Waals surface area (Å²) in [5, 5.41) is 9.47. The lowest BCUT2D eigenvalue weighted by molar-refractivity contribution is 0.261. The third-order valence-electron chi connectivity index (χ3n) is 3.13. The smallest absolute Gasteiger partial charge is 0.126 e. The van der Waals surface area contributed by atoms with E-state index in [9.17, 15) is 9.50 Å². The highest BCUT2D eigenvalue weighted by Gasteiger charge is 2.15. The Morgan fingerprint density at radius 1 is 1.11 bits per heavy atom. The quantitative estimate of drug-likeness (QED) is 0.873. The topological polar surface area (TPSA) is 20.2 Å². The molecule has 0 fully saturated rings. The van der Waals surface area contributed by atoms with Crippen LogP contribution < -0.4 is 0 Å². The van der Waals surface area contributed by atoms with Crippen LogP contribution in [-0.4, -0.2) is 11.7 Å². The second-order valence-corrected chi connectivity index (χ2v) is 4.59. The highest BCUT2D eigenvalue weighted by atomic mass is 19.1. The number of hydrogen-bond acceptors (Lipinski definition) is 1. The van der Waals surface area contributed by atoms with Crippen LogP contribution in [0.1, 0.15) is 22.6 Å². The number of rotatable bonds is 4. The molecule has 0 heterocycles. The summed E-state index contributed by atoms with van der Waals surface area (Å²) in [4.78, 5) is 0. The Balaban J connectivity index is 2.23. The SMILES string of the molecule is Cc1cccc(CC(CO)c2ccccc2F)c1. The molecule has 0 amide bonds. The van der Waals surface area contributed by atoms with Crippen molar-refractivity contribution in [3.8, 4) is 0 Å². The fraction of sp³-hybridized carbons (Fsp3) is 0.250. The van der Waals surface area contributed by atoms with Crippen molar-refractivity contribution in [3.63, 3.8) is 0 Å². The van der Waals surface area contributed by atoms with Gasteiger partial charge in [-0.2, -0.15) is 0 Å². The van der Waals surface area contributed by atoms with Gasteiger partial charge in [-0.05, 0) is 30.5 Å². The van der Waals surface area contributed by atoms with Crippen LogP contribution in [0.15, 0.2) is 48.5 Å². The molecule has 0 bridgehead atoms. The van der Waals surface area contributed by atoms with Crippen LogP contribution in [0.25, 0.3) is 0 Å². The van der Waals surface area contributed by atoms with E-state index in [1.807, 2.05) is 25.1 Å². The summed E-state index contributed by atoms with van der Waals surface area (Å²) in [5.41, 5.74) is 2.89. The highest BCUT2D eigenvalue weighted by Crippen LogP contribution is 2.23. The van der Waals surface area contributed by atoms with Gasteiger partial charge in [-0.3, -0.25) is 0 Å². The molecule has 2 rings (SSSR count). The predicted octanol–water partition coefficient (Wildman–Crippen LogP) is 3.45. The van der Waals surface area contributed by atoms with Gasteiger partial charge in [0.1, 0.15) is 5.82 Å². The lowest BCUT2D eigenvalue weighted by atomic mass is 9.92. The third kappa shape index (κ3) is 2.96. The number of halogens is 1. The summed E-state index contributed by atoms with van der Waals surface area (Å²) in [6, 6.07) is 14.7. The molecule has 1 nitrogen and oxygen atoms in total. The molecular weight excluding hydrogens is 227 g/mol. The number of aliphatic hydroxyl groups excluding tert-OH is 1. The van der Waals surface area contributed by atoms with Crippen LogP contribution >= 0.6 is 0 Å². The molecule has 2 heteroatoms. The molecule has 0 saturated heterocycles. The molecule has 0 aliphatic heterocycles. The molecule has 0 aromatic heterocycles. The number of benzene rings is 2. The Kier molecular flexibility index (Phi) is 4.11. The molecule has 2 aromatic carbocycles. The highest BCUT2D eigenvalue weighted by molar-refractivity contribution is 5.28. The zero-order chi connectivity index (χ0) is 13.0. The largest absolute Gasteiger partial charge is 0.396 e. The van der Waals surface area contributed by atoms with Gasteiger partial charge in [-0.1, -0.05) is 48.0 Å². The minimum absolute atomic E-state index is 0.0468. The van der Waals surface area contributed by atoms with Crippen LogP contribution in [0, 0.1) is 12.7 Å². The Bertz CT molecular complexity index is 522. The lowest BCUT2D eigenvalue weighted by Crippen LogP contribution is -2.09. The Labute approximate surface area is 107 Å². The number of aryl methyl sites for hydroxylation is 1. The molecular formula is C16H17FO. The van der Waals surface area contributed by atoms with Crippen molar-refractivity contribution < 1.29 is 9.50 Å². The van der Waals surface area contributed by atoms with Crippen molar-refractivity contribution in [2.45, 2.75) is 19.3 Å². The second-order valence-electron chi connectivity index (χ2n) is 4.59. The normalized spacial score (nSPS) is 12.4. The fourth-order valence-electron chi connectivity index (χ4n) is 2.20. The van der Waals surface area contributed by atoms with Gasteiger partial charge in [0.25, 0.3) is 0 Å². The summed E-state index contributed by atoms with van der Waals surface area (Å²) >= 11 is 0. The lowest BCUT2D eigenvalue weighted by Gasteiger charge is -2.15. The Morgan fingerprint density at radius 3 is 2.56 bits per heavy atom. The van der Waals surface area contributed by atoms with Crippen molar-refractivity contribution in [1.29, 1.82) is 0 Å². The molecule has 94 valence electrons. The molecule has 1 unspecified atom stereocenters. The average molecular weight is 244 g/mol. The van der Waals surface area contributed by atoms with Crippen molar-refractivity contribution in [2.75, 3.05) is 6.61 Å². The van der Waals surface area contributed by atoms with Crippen LogP contribution in [0.3, 0.4) is 0 Å². The van der Waals surface area contributed by atoms with Crippen LogP contribution in [0.2, 0.25) is 0 Å². The zero-order valence-corrected chi connectivity index (χ0v) is 10.4. The number of hydrogen-bond donors (Lipinski definition) is 1. The standard InChI is InChI=1S/C16H17FO/c1-12-5-4-6-13(9-12)10-14(11-18)15-7-2-3-8-16(15)17/h2-9,14,18H,10-11H2,1H3. The van der Waals surface area contributed by atoms with E-state index in [2.05, 4.69) is 6.07 Å². The summed E-state index contributed by atoms with van der Waals surface area (Å²) in [7, 11) is 0. The first kappa shape index (κ1) is 12.8. The van der Waals surface area contributed by atoms with Crippen molar-refractivity contribution in [3.05, 3.63) is 71.0 Å². The van der Waals surface area contributed by atoms with E-state index in [0.29, 0.717) is 12.0 Å². The Morgan fingerprint density at radius 2 is 1.89 bits per heavy atom. The molecule has 2 aromatic rings. The molecule has 1 atom stereocenters. The van der Waals surface area contributed by atoms with Gasteiger partial charge in [0.05, 0.1) is 6.61 Å². The maximum Gasteiger partial charge on any atom is 0.126 e. The van der Waals surface area contributed by atoms with E-state index >= 15 is 0 Å². The number of aliphatic hydroxyl groups is 1. The summed E-state index contributed by atoms with van der Waals surface area (Å²) in [5.74, 6) is -0.433. The van der Waals surface area contributed by atoms with E-state index in [-0.39, 0.29) is 18.3 Å². The minimum atomic E-state index is -0.246. The van der Waals surface area contributed by atoms with Gasteiger partial charge < -0.3 is 5.11 Å². The van der Waals surface area contributed by atoms with Crippen LogP contribution in [0.5, 0.6) is 0 Å². The molecule has 18 heavy (non-hydrogen) atoms. The monoisotopic (exact) mass is 244 g/mol. The van der Waals surface area contributed by atoms with Gasteiger partial charge in [-0.25, -0.2) is 4.39 Å². The fourth-order valence-corrected chi connectivity index (χ4v) is 2.20. The maximum atomic E-state index is 13.7. The van der Waals surface area contributed by atoms with E-state index in [4.69, 9.17) is 0 Å². The minimum Gasteiger partial charge on any atom is -0.396 e. The first-order chi connectivity index (χ1) is 8.70. The first-order valence-corrected chi connectivity index (χ1v) is 6.11. The molecule has 0 radical (unpaired) electrons. The molecule has 0 saturated carbocycles. The van der Waals surface area contributed by atoms with Gasteiger partial charge in [0.15, 0.2) is 0 Å². The van der Waals surface area contributed by atoms with E-state index in [0.717, 1.165) is 5.56 Å². The van der Waals surface area contributed by atoms with Gasteiger partial charge in [-0.15, -0.1) is 0 Å². The first-order valence-electron chi connectivity index (χ1n) is 6.11. The van der Waals surface area contributed by atoms with E-state index in [1.54, 1.807) is 18.2 Å². The molecule has 1 N–H and O–H groups in total. The van der Waals surface area contributed by atoms with Crippen LogP contribution in [0.4, 0.5) is 4.39 Å². The molecule has 0 aliphatic carbocycles. The summed E-state index contributed by atoms with van der Waals surface area (Å²) in [6.45, 7) is 1.98. The van der Waals surface area contributed by atoms with Gasteiger partial charge in [0, 0.05) is 5.92 Å². The summed E-state index contributed by atoms with van der Waals surface area (Å²) < 4.78 is 13.7. The van der Waals surface area contributed by atoms with Crippen LogP contribution in [-0.2, 0) is 6.42 Å². The van der Waals surface area contributed by atoms with Crippen molar-refractivity contribution in [2.24, 2.45) is 0 Å². The van der Waals surface area contributed by atoms with Crippen molar-refractivity contribution in [1.82, 2.24) is 0 Å². The second kappa shape index (κ2) is 5.78. The molecule has 0 spiro atoms. The summed E-state index contributed by atoms with van der Waals surface area (Å²) in [6.07, 6.45) is 0.652. The zero-order valence-electron chi connectivity index (χ0n) is 10.4.